The van der Waals surface area contributed by atoms with Crippen LogP contribution in [0.15, 0.2) is 61.2 Å². The van der Waals surface area contributed by atoms with Gasteiger partial charge in [0, 0.05) is 48.5 Å². The Hall–Kier alpha value is -4.77. The summed E-state index contributed by atoms with van der Waals surface area (Å²) in [7, 11) is 3.96. The largest absolute Gasteiger partial charge is 0.384 e. The fourth-order valence-corrected chi connectivity index (χ4v) is 4.39. The molecule has 0 atom stereocenters. The van der Waals surface area contributed by atoms with E-state index in [1.165, 1.54) is 18.3 Å². The number of nitrogens with zero attached hydrogens (tertiary/aromatic N) is 6. The molecule has 6 aromatic rings. The minimum Gasteiger partial charge on any atom is -0.384 e. The molecule has 0 unspecified atom stereocenters. The van der Waals surface area contributed by atoms with Crippen LogP contribution in [0.4, 0.5) is 14.5 Å². The topological polar surface area (TPSA) is 111 Å². The van der Waals surface area contributed by atoms with Crippen molar-refractivity contribution < 1.29 is 8.78 Å². The number of halogens is 2. The van der Waals surface area contributed by atoms with Crippen molar-refractivity contribution in [2.24, 2.45) is 0 Å². The van der Waals surface area contributed by atoms with Crippen LogP contribution < -0.4 is 5.32 Å². The molecular formula is C27H23F2N9. The predicted molar refractivity (Wildman–Crippen MR) is 142 cm³/mol. The zero-order chi connectivity index (χ0) is 26.2. The first kappa shape index (κ1) is 23.6. The zero-order valence-electron chi connectivity index (χ0n) is 20.6. The van der Waals surface area contributed by atoms with E-state index in [0.29, 0.717) is 57.1 Å². The van der Waals surface area contributed by atoms with E-state index in [4.69, 9.17) is 0 Å². The van der Waals surface area contributed by atoms with E-state index in [1.54, 1.807) is 36.8 Å². The van der Waals surface area contributed by atoms with Crippen LogP contribution in [0.5, 0.6) is 0 Å². The molecule has 6 rings (SSSR count). The van der Waals surface area contributed by atoms with Crippen LogP contribution in [0.1, 0.15) is 0 Å². The Balaban J connectivity index is 1.43. The number of rotatable bonds is 7. The molecule has 38 heavy (non-hydrogen) atoms. The number of imidazole rings is 1. The molecule has 0 aliphatic rings. The first-order chi connectivity index (χ1) is 18.5. The van der Waals surface area contributed by atoms with Gasteiger partial charge in [-0.05, 0) is 56.1 Å². The lowest BCUT2D eigenvalue weighted by atomic mass is 10.0. The molecule has 0 fully saturated rings. The van der Waals surface area contributed by atoms with Crippen LogP contribution in [0.2, 0.25) is 0 Å². The molecule has 190 valence electrons. The highest BCUT2D eigenvalue weighted by molar-refractivity contribution is 5.97. The number of aromatic nitrogens is 7. The van der Waals surface area contributed by atoms with Crippen LogP contribution in [0.3, 0.4) is 0 Å². The molecule has 5 aromatic heterocycles. The first-order valence-electron chi connectivity index (χ1n) is 12.0. The molecule has 11 heteroatoms. The van der Waals surface area contributed by atoms with Crippen LogP contribution in [-0.2, 0) is 0 Å². The second-order valence-electron chi connectivity index (χ2n) is 9.12. The quantitative estimate of drug-likeness (QED) is 0.280. The third-order valence-electron chi connectivity index (χ3n) is 6.19. The van der Waals surface area contributed by atoms with Gasteiger partial charge in [-0.3, -0.25) is 15.1 Å². The number of likely N-dealkylation sites (N-methyl/N-ethyl adjacent to an activating group) is 1. The van der Waals surface area contributed by atoms with E-state index in [0.717, 1.165) is 6.54 Å². The molecule has 0 saturated carbocycles. The highest BCUT2D eigenvalue weighted by Gasteiger charge is 2.21. The van der Waals surface area contributed by atoms with Crippen molar-refractivity contribution in [2.45, 2.75) is 0 Å². The van der Waals surface area contributed by atoms with E-state index in [1.807, 2.05) is 25.1 Å². The second-order valence-corrected chi connectivity index (χ2v) is 9.12. The number of fused-ring (bicyclic) bond motifs is 2. The van der Waals surface area contributed by atoms with Crippen molar-refractivity contribution >= 4 is 27.8 Å². The van der Waals surface area contributed by atoms with Crippen LogP contribution in [0, 0.1) is 11.6 Å². The highest BCUT2D eigenvalue weighted by atomic mass is 19.1. The molecule has 3 N–H and O–H groups in total. The molecule has 1 aromatic carbocycles. The Labute approximate surface area is 216 Å². The van der Waals surface area contributed by atoms with Gasteiger partial charge in [-0.1, -0.05) is 0 Å². The summed E-state index contributed by atoms with van der Waals surface area (Å²) >= 11 is 0. The lowest BCUT2D eigenvalue weighted by Crippen LogP contribution is -2.20. The van der Waals surface area contributed by atoms with Gasteiger partial charge < -0.3 is 15.2 Å². The molecular weight excluding hydrogens is 488 g/mol. The number of hydrogen-bond acceptors (Lipinski definition) is 7. The Morgan fingerprint density at radius 3 is 2.68 bits per heavy atom. The monoisotopic (exact) mass is 511 g/mol. The summed E-state index contributed by atoms with van der Waals surface area (Å²) in [6.45, 7) is 1.48. The Kier molecular flexibility index (Phi) is 5.97. The summed E-state index contributed by atoms with van der Waals surface area (Å²) in [4.78, 5) is 22.6. The van der Waals surface area contributed by atoms with E-state index in [2.05, 4.69) is 40.4 Å². The molecule has 0 aliphatic carbocycles. The van der Waals surface area contributed by atoms with Crippen molar-refractivity contribution in [3.63, 3.8) is 0 Å². The fraction of sp³-hybridized carbons (Fsp3) is 0.148. The van der Waals surface area contributed by atoms with E-state index in [9.17, 15) is 4.39 Å². The van der Waals surface area contributed by atoms with Crippen molar-refractivity contribution in [3.05, 3.63) is 72.8 Å². The fourth-order valence-electron chi connectivity index (χ4n) is 4.39. The van der Waals surface area contributed by atoms with Gasteiger partial charge in [0.05, 0.1) is 22.6 Å². The first-order valence-corrected chi connectivity index (χ1v) is 12.0. The smallest absolute Gasteiger partial charge is 0.178 e. The van der Waals surface area contributed by atoms with E-state index >= 15 is 4.39 Å². The van der Waals surface area contributed by atoms with Gasteiger partial charge in [0.2, 0.25) is 0 Å². The number of pyridine rings is 3. The van der Waals surface area contributed by atoms with Gasteiger partial charge in [0.1, 0.15) is 17.2 Å². The van der Waals surface area contributed by atoms with Crippen molar-refractivity contribution in [3.8, 4) is 33.9 Å². The normalized spacial score (nSPS) is 11.6. The summed E-state index contributed by atoms with van der Waals surface area (Å²) in [5.74, 6) is -0.573. The van der Waals surface area contributed by atoms with Crippen molar-refractivity contribution in [1.82, 2.24) is 40.0 Å². The minimum absolute atomic E-state index is 0.164. The number of aromatic amines is 2. The molecule has 0 amide bonds. The van der Waals surface area contributed by atoms with Gasteiger partial charge in [0.25, 0.3) is 0 Å². The minimum atomic E-state index is -0.536. The Bertz CT molecular complexity index is 1760. The van der Waals surface area contributed by atoms with E-state index in [-0.39, 0.29) is 16.9 Å². The van der Waals surface area contributed by atoms with Crippen molar-refractivity contribution in [2.75, 3.05) is 32.5 Å². The number of H-pyrrole nitrogens is 2. The molecule has 9 nitrogen and oxygen atoms in total. The maximum Gasteiger partial charge on any atom is 0.178 e. The maximum absolute atomic E-state index is 15.7. The van der Waals surface area contributed by atoms with Gasteiger partial charge in [-0.15, -0.1) is 0 Å². The Morgan fingerprint density at radius 1 is 0.974 bits per heavy atom. The third-order valence-corrected chi connectivity index (χ3v) is 6.19. The highest BCUT2D eigenvalue weighted by Crippen LogP contribution is 2.34. The summed E-state index contributed by atoms with van der Waals surface area (Å²) in [5.41, 5.74) is 4.46. The molecule has 0 bridgehead atoms. The molecule has 0 aliphatic heterocycles. The average molecular weight is 512 g/mol. The number of benzene rings is 1. The lowest BCUT2D eigenvalue weighted by molar-refractivity contribution is 0.425. The predicted octanol–water partition coefficient (Wildman–Crippen LogP) is 4.88. The van der Waals surface area contributed by atoms with Gasteiger partial charge in [-0.2, -0.15) is 5.10 Å². The van der Waals surface area contributed by atoms with Crippen LogP contribution >= 0.6 is 0 Å². The molecule has 0 spiro atoms. The standard InChI is InChI=1S/C27H23F2N9/c1-38(2)9-8-31-18-11-16(10-17(28)12-18)19-5-7-32-26-24(19)34-27(35-26)25-21-20(36-37-25)14-33-23(22(21)29)15-4-3-6-30-13-15/h3-7,10-14,31H,8-9H2,1-2H3,(H,36,37)(H,32,34,35). The average Bonchev–Trinajstić information content (AvgIpc) is 3.53. The number of anilines is 1. The molecule has 0 radical (unpaired) electrons. The maximum atomic E-state index is 15.7. The van der Waals surface area contributed by atoms with Gasteiger partial charge in [0.15, 0.2) is 17.3 Å². The summed E-state index contributed by atoms with van der Waals surface area (Å²) in [5, 5.41) is 10.7. The van der Waals surface area contributed by atoms with Crippen LogP contribution in [0.25, 0.3) is 56.0 Å². The van der Waals surface area contributed by atoms with Gasteiger partial charge in [-0.25, -0.2) is 18.7 Å². The Morgan fingerprint density at radius 2 is 1.87 bits per heavy atom. The van der Waals surface area contributed by atoms with Gasteiger partial charge >= 0.3 is 0 Å². The molecule has 5 heterocycles. The molecule has 0 saturated heterocycles. The van der Waals surface area contributed by atoms with Crippen LogP contribution in [-0.4, -0.2) is 67.2 Å². The number of hydrogen-bond donors (Lipinski definition) is 3. The lowest BCUT2D eigenvalue weighted by Gasteiger charge is -2.13. The summed E-state index contributed by atoms with van der Waals surface area (Å²) < 4.78 is 30.3. The summed E-state index contributed by atoms with van der Waals surface area (Å²) in [6.07, 6.45) is 6.31. The SMILES string of the molecule is CN(C)CCNc1cc(F)cc(-c2ccnc3nc(-c4n[nH]c5cnc(-c6cccnc6)c(F)c45)[nH]c23)c1. The third kappa shape index (κ3) is 4.33. The second kappa shape index (κ2) is 9.60. The van der Waals surface area contributed by atoms with E-state index < -0.39 is 5.82 Å². The number of nitrogens with one attached hydrogen (secondary N) is 3. The zero-order valence-corrected chi connectivity index (χ0v) is 20.6. The van der Waals surface area contributed by atoms with Crippen molar-refractivity contribution in [1.29, 1.82) is 0 Å². The summed E-state index contributed by atoms with van der Waals surface area (Å²) in [6, 6.07) is 10.0.